The number of fused-ring (bicyclic) bond motifs is 5. The third-order valence-electron chi connectivity index (χ3n) is 9.14. The number of hydrogen-bond donors (Lipinski definition) is 2. The van der Waals surface area contributed by atoms with Gasteiger partial charge >= 0.3 is 0 Å². The maximum absolute atomic E-state index is 16.0. The molecule has 40 heavy (non-hydrogen) atoms. The van der Waals surface area contributed by atoms with Crippen LogP contribution in [-0.4, -0.2) is 38.5 Å². The van der Waals surface area contributed by atoms with E-state index in [4.69, 9.17) is 33.9 Å². The summed E-state index contributed by atoms with van der Waals surface area (Å²) >= 11 is 12.6. The van der Waals surface area contributed by atoms with Crippen LogP contribution in [0.2, 0.25) is 10.0 Å². The molecule has 3 N–H and O–H groups in total. The van der Waals surface area contributed by atoms with Crippen molar-refractivity contribution < 1.29 is 9.18 Å². The molecule has 1 amide bonds. The molecule has 2 fully saturated rings. The summed E-state index contributed by atoms with van der Waals surface area (Å²) in [6, 6.07) is 18.0. The van der Waals surface area contributed by atoms with E-state index in [0.29, 0.717) is 27.9 Å². The molecule has 0 spiro atoms. The van der Waals surface area contributed by atoms with Gasteiger partial charge in [-0.1, -0.05) is 41.4 Å². The van der Waals surface area contributed by atoms with Crippen molar-refractivity contribution in [3.8, 4) is 0 Å². The summed E-state index contributed by atoms with van der Waals surface area (Å²) < 4.78 is 18.2. The van der Waals surface area contributed by atoms with E-state index in [1.807, 2.05) is 31.2 Å². The van der Waals surface area contributed by atoms with Crippen LogP contribution in [0.3, 0.4) is 0 Å². The Labute approximate surface area is 242 Å². The van der Waals surface area contributed by atoms with Gasteiger partial charge in [0, 0.05) is 47.4 Å². The smallest absolute Gasteiger partial charge is 0.245 e. The van der Waals surface area contributed by atoms with Gasteiger partial charge < -0.3 is 15.6 Å². The van der Waals surface area contributed by atoms with E-state index >= 15 is 4.39 Å². The minimum atomic E-state index is -1.09. The molecule has 4 aromatic rings. The van der Waals surface area contributed by atoms with Gasteiger partial charge in [0.25, 0.3) is 0 Å². The van der Waals surface area contributed by atoms with E-state index in [-0.39, 0.29) is 22.9 Å². The van der Waals surface area contributed by atoms with Gasteiger partial charge in [0.15, 0.2) is 0 Å². The van der Waals surface area contributed by atoms with Crippen LogP contribution in [-0.2, 0) is 11.3 Å². The Bertz CT molecular complexity index is 1650. The second-order valence-corrected chi connectivity index (χ2v) is 12.4. The average Bonchev–Trinajstić information content (AvgIpc) is 3.62. The number of aryl methyl sites for hydroxylation is 1. The number of nitrogens with two attached hydrogens (primary N) is 1. The molecule has 3 aliphatic rings. The predicted molar refractivity (Wildman–Crippen MR) is 157 cm³/mol. The molecule has 0 radical (unpaired) electrons. The van der Waals surface area contributed by atoms with E-state index in [0.717, 1.165) is 49.2 Å². The highest BCUT2D eigenvalue weighted by molar-refractivity contribution is 6.31. The lowest BCUT2D eigenvalue weighted by Gasteiger charge is -2.40. The number of nitrogen functional groups attached to an aromatic ring is 1. The van der Waals surface area contributed by atoms with Crippen LogP contribution in [0.4, 0.5) is 15.8 Å². The summed E-state index contributed by atoms with van der Waals surface area (Å²) in [5.74, 6) is -0.0724. The standard InChI is InChI=1S/C31H30Cl2FN5O/c1-31(30(40)36-20-5-2-4-18(32)14-20)27(21-6-3-7-22(33)28(21)34)26-25(39(31)16-17-8-9-17)12-13-38-24-11-10-19(35)15-23(24)37-29(26)38/h2-7,10-11,14-15,17,25-27H,8-9,12-13,16,35H2,1H3,(H,36,40)/t25-,26+,27-,31+/m0/s1. The van der Waals surface area contributed by atoms with Crippen molar-refractivity contribution in [3.05, 3.63) is 87.9 Å². The zero-order chi connectivity index (χ0) is 27.8. The number of nitrogens with one attached hydrogen (secondary N) is 1. The van der Waals surface area contributed by atoms with E-state index < -0.39 is 17.3 Å². The van der Waals surface area contributed by atoms with E-state index in [1.54, 1.807) is 36.4 Å². The number of halogens is 3. The number of carbonyl (C=O) groups is 1. The van der Waals surface area contributed by atoms with Crippen molar-refractivity contribution in [1.29, 1.82) is 0 Å². The molecule has 3 aromatic carbocycles. The average molecular weight is 579 g/mol. The molecule has 206 valence electrons. The summed E-state index contributed by atoms with van der Waals surface area (Å²) in [5, 5.41) is 3.70. The molecule has 3 heterocycles. The van der Waals surface area contributed by atoms with Crippen molar-refractivity contribution in [1.82, 2.24) is 14.5 Å². The van der Waals surface area contributed by atoms with Crippen LogP contribution in [0.25, 0.3) is 11.0 Å². The van der Waals surface area contributed by atoms with Gasteiger partial charge in [-0.2, -0.15) is 0 Å². The van der Waals surface area contributed by atoms with Crippen LogP contribution in [0, 0.1) is 11.7 Å². The van der Waals surface area contributed by atoms with Gasteiger partial charge in [-0.3, -0.25) is 9.69 Å². The Morgan fingerprint density at radius 2 is 1.93 bits per heavy atom. The van der Waals surface area contributed by atoms with Crippen LogP contribution in [0.15, 0.2) is 60.7 Å². The van der Waals surface area contributed by atoms with Crippen molar-refractivity contribution in [2.24, 2.45) is 5.92 Å². The third-order valence-corrected chi connectivity index (χ3v) is 9.66. The minimum absolute atomic E-state index is 0.000696. The van der Waals surface area contributed by atoms with Crippen LogP contribution < -0.4 is 11.1 Å². The van der Waals surface area contributed by atoms with Crippen molar-refractivity contribution in [2.45, 2.75) is 56.1 Å². The molecule has 4 atom stereocenters. The Balaban J connectivity index is 1.44. The summed E-state index contributed by atoms with van der Waals surface area (Å²) in [4.78, 5) is 21.9. The Morgan fingerprint density at radius 1 is 1.12 bits per heavy atom. The summed E-state index contributed by atoms with van der Waals surface area (Å²) in [6.07, 6.45) is 3.08. The lowest BCUT2D eigenvalue weighted by molar-refractivity contribution is -0.127. The Morgan fingerprint density at radius 3 is 2.70 bits per heavy atom. The first-order chi connectivity index (χ1) is 19.3. The second-order valence-electron chi connectivity index (χ2n) is 11.6. The second kappa shape index (κ2) is 9.47. The van der Waals surface area contributed by atoms with Crippen molar-refractivity contribution in [3.63, 3.8) is 0 Å². The zero-order valence-corrected chi connectivity index (χ0v) is 23.6. The van der Waals surface area contributed by atoms with Crippen LogP contribution >= 0.6 is 23.2 Å². The lowest BCUT2D eigenvalue weighted by Crippen LogP contribution is -2.56. The molecule has 7 rings (SSSR count). The third kappa shape index (κ3) is 4.01. The molecule has 1 aliphatic carbocycles. The molecule has 2 aliphatic heterocycles. The minimum Gasteiger partial charge on any atom is -0.399 e. The molecule has 6 nitrogen and oxygen atoms in total. The van der Waals surface area contributed by atoms with Gasteiger partial charge in [0.05, 0.1) is 16.1 Å². The maximum Gasteiger partial charge on any atom is 0.245 e. The first-order valence-corrected chi connectivity index (χ1v) is 14.5. The fourth-order valence-electron chi connectivity index (χ4n) is 7.12. The molecular formula is C31H30Cl2FN5O. The highest BCUT2D eigenvalue weighted by Gasteiger charge is 2.63. The fraction of sp³-hybridized carbons (Fsp3) is 0.355. The lowest BCUT2D eigenvalue weighted by atomic mass is 9.73. The summed E-state index contributed by atoms with van der Waals surface area (Å²) in [7, 11) is 0. The topological polar surface area (TPSA) is 76.2 Å². The van der Waals surface area contributed by atoms with Crippen LogP contribution in [0.5, 0.6) is 0 Å². The first kappa shape index (κ1) is 25.8. The quantitative estimate of drug-likeness (QED) is 0.255. The fourth-order valence-corrected chi connectivity index (χ4v) is 7.49. The predicted octanol–water partition coefficient (Wildman–Crippen LogP) is 6.83. The summed E-state index contributed by atoms with van der Waals surface area (Å²) in [5.41, 5.74) is 8.52. The number of nitrogens with zero attached hydrogens (tertiary/aromatic N) is 3. The molecule has 1 aromatic heterocycles. The van der Waals surface area contributed by atoms with Crippen molar-refractivity contribution in [2.75, 3.05) is 17.6 Å². The first-order valence-electron chi connectivity index (χ1n) is 13.8. The van der Waals surface area contributed by atoms with Gasteiger partial charge in [-0.25, -0.2) is 9.37 Å². The number of rotatable bonds is 5. The molecule has 0 unspecified atom stereocenters. The number of aromatic nitrogens is 2. The number of hydrogen-bond acceptors (Lipinski definition) is 4. The SMILES string of the molecule is C[C@]1(C(=O)Nc2cccc(Cl)c2)[C@@H](c2cccc(Cl)c2F)[C@@H]2c3nc4cc(N)ccc4n3CC[C@@H]2N1CC1CC1. The number of carbonyl (C=O) groups excluding carboxylic acids is 1. The van der Waals surface area contributed by atoms with Crippen LogP contribution in [0.1, 0.15) is 49.4 Å². The Hall–Kier alpha value is -3.13. The van der Waals surface area contributed by atoms with Gasteiger partial charge in [0.2, 0.25) is 5.91 Å². The molecule has 1 saturated carbocycles. The molecular weight excluding hydrogens is 548 g/mol. The van der Waals surface area contributed by atoms with E-state index in [9.17, 15) is 4.79 Å². The highest BCUT2D eigenvalue weighted by atomic mass is 35.5. The Kier molecular flexibility index (Phi) is 6.11. The highest BCUT2D eigenvalue weighted by Crippen LogP contribution is 2.58. The molecule has 0 bridgehead atoms. The van der Waals surface area contributed by atoms with Crippen molar-refractivity contribution >= 4 is 51.5 Å². The number of amides is 1. The number of imidazole rings is 1. The van der Waals surface area contributed by atoms with E-state index in [1.165, 1.54) is 0 Å². The van der Waals surface area contributed by atoms with Gasteiger partial charge in [-0.05, 0) is 80.1 Å². The molecule has 9 heteroatoms. The number of benzene rings is 3. The number of anilines is 2. The monoisotopic (exact) mass is 577 g/mol. The van der Waals surface area contributed by atoms with Gasteiger partial charge in [-0.15, -0.1) is 0 Å². The largest absolute Gasteiger partial charge is 0.399 e. The van der Waals surface area contributed by atoms with Gasteiger partial charge in [0.1, 0.15) is 17.2 Å². The summed E-state index contributed by atoms with van der Waals surface area (Å²) in [6.45, 7) is 3.49. The zero-order valence-electron chi connectivity index (χ0n) is 22.1. The molecule has 1 saturated heterocycles. The normalized spacial score (nSPS) is 26.1. The maximum atomic E-state index is 16.0. The van der Waals surface area contributed by atoms with E-state index in [2.05, 4.69) is 14.8 Å². The number of likely N-dealkylation sites (tertiary alicyclic amines) is 1.